The Morgan fingerprint density at radius 3 is 2.78 bits per heavy atom. The molecular weight excluding hydrogens is 361 g/mol. The molecule has 1 N–H and O–H groups in total. The number of aryl methyl sites for hydroxylation is 1. The Labute approximate surface area is 124 Å². The first-order valence-corrected chi connectivity index (χ1v) is 8.49. The molecule has 1 aromatic rings. The van der Waals surface area contributed by atoms with Gasteiger partial charge in [-0.3, -0.25) is 9.00 Å². The minimum atomic E-state index is -0.830. The van der Waals surface area contributed by atoms with Gasteiger partial charge in [-0.2, -0.15) is 0 Å². The van der Waals surface area contributed by atoms with Crippen LogP contribution in [0.5, 0.6) is 0 Å². The van der Waals surface area contributed by atoms with E-state index in [-0.39, 0.29) is 11.2 Å². The van der Waals surface area contributed by atoms with Crippen molar-refractivity contribution < 1.29 is 9.00 Å². The van der Waals surface area contributed by atoms with Gasteiger partial charge in [0.25, 0.3) is 5.91 Å². The fraction of sp³-hybridized carbons (Fsp3) is 0.462. The van der Waals surface area contributed by atoms with Crippen LogP contribution < -0.4 is 5.32 Å². The standard InChI is InChI=1S/C13H18INO2S/c1-9-5-4-6-11(12(9)14)13(16)15-8-7-10(2)18(3)17/h4-6,10H,7-8H2,1-3H3,(H,15,16). The lowest BCUT2D eigenvalue weighted by molar-refractivity contribution is 0.0952. The molecule has 1 aromatic carbocycles. The summed E-state index contributed by atoms with van der Waals surface area (Å²) < 4.78 is 12.2. The summed E-state index contributed by atoms with van der Waals surface area (Å²) in [4.78, 5) is 12.0. The highest BCUT2D eigenvalue weighted by atomic mass is 127. The Morgan fingerprint density at radius 1 is 1.50 bits per heavy atom. The molecule has 0 aliphatic rings. The number of carbonyl (C=O) groups is 1. The molecule has 0 saturated heterocycles. The van der Waals surface area contributed by atoms with Crippen LogP contribution >= 0.6 is 22.6 Å². The van der Waals surface area contributed by atoms with Gasteiger partial charge in [-0.05, 0) is 47.6 Å². The van der Waals surface area contributed by atoms with Gasteiger partial charge in [-0.25, -0.2) is 0 Å². The molecule has 0 aliphatic heterocycles. The van der Waals surface area contributed by atoms with E-state index in [1.54, 1.807) is 6.26 Å². The molecule has 0 heterocycles. The van der Waals surface area contributed by atoms with Crippen molar-refractivity contribution >= 4 is 39.3 Å². The zero-order valence-electron chi connectivity index (χ0n) is 10.8. The third-order valence-corrected chi connectivity index (χ3v) is 5.64. The quantitative estimate of drug-likeness (QED) is 0.800. The third kappa shape index (κ3) is 4.35. The molecule has 0 aromatic heterocycles. The van der Waals surface area contributed by atoms with E-state index in [4.69, 9.17) is 0 Å². The van der Waals surface area contributed by atoms with Crippen molar-refractivity contribution in [3.05, 3.63) is 32.9 Å². The van der Waals surface area contributed by atoms with Crippen LogP contribution in [0.25, 0.3) is 0 Å². The Kier molecular flexibility index (Phi) is 6.28. The third-order valence-electron chi connectivity index (χ3n) is 2.84. The molecule has 0 aliphatic carbocycles. The van der Waals surface area contributed by atoms with Gasteiger partial charge in [0.05, 0.1) is 5.56 Å². The molecule has 0 saturated carbocycles. The molecule has 3 nitrogen and oxygen atoms in total. The Morgan fingerprint density at radius 2 is 2.17 bits per heavy atom. The van der Waals surface area contributed by atoms with Gasteiger partial charge in [0.1, 0.15) is 0 Å². The minimum Gasteiger partial charge on any atom is -0.352 e. The highest BCUT2D eigenvalue weighted by molar-refractivity contribution is 14.1. The van der Waals surface area contributed by atoms with Crippen LogP contribution in [0.2, 0.25) is 0 Å². The van der Waals surface area contributed by atoms with Crippen molar-refractivity contribution in [2.75, 3.05) is 12.8 Å². The maximum absolute atomic E-state index is 12.0. The summed E-state index contributed by atoms with van der Waals surface area (Å²) in [6, 6.07) is 5.70. The number of hydrogen-bond acceptors (Lipinski definition) is 2. The average molecular weight is 379 g/mol. The largest absolute Gasteiger partial charge is 0.352 e. The predicted molar refractivity (Wildman–Crippen MR) is 84.4 cm³/mol. The number of rotatable bonds is 5. The fourth-order valence-electron chi connectivity index (χ4n) is 1.47. The second-order valence-corrected chi connectivity index (χ2v) is 7.17. The predicted octanol–water partition coefficient (Wildman–Crippen LogP) is 2.49. The van der Waals surface area contributed by atoms with E-state index in [0.717, 1.165) is 15.6 Å². The molecule has 0 spiro atoms. The number of hydrogen-bond donors (Lipinski definition) is 1. The minimum absolute atomic E-state index is 0.0582. The molecule has 0 fully saturated rings. The van der Waals surface area contributed by atoms with Crippen molar-refractivity contribution in [1.29, 1.82) is 0 Å². The van der Waals surface area contributed by atoms with Gasteiger partial charge >= 0.3 is 0 Å². The summed E-state index contributed by atoms with van der Waals surface area (Å²) in [6.07, 6.45) is 2.42. The van der Waals surface area contributed by atoms with Gasteiger partial charge in [-0.1, -0.05) is 19.1 Å². The van der Waals surface area contributed by atoms with Crippen molar-refractivity contribution in [3.8, 4) is 0 Å². The van der Waals surface area contributed by atoms with Crippen molar-refractivity contribution in [1.82, 2.24) is 5.32 Å². The Balaban J connectivity index is 2.56. The first-order valence-electron chi connectivity index (χ1n) is 5.79. The van der Waals surface area contributed by atoms with E-state index >= 15 is 0 Å². The maximum Gasteiger partial charge on any atom is 0.252 e. The van der Waals surface area contributed by atoms with Gasteiger partial charge in [-0.15, -0.1) is 0 Å². The maximum atomic E-state index is 12.0. The highest BCUT2D eigenvalue weighted by Gasteiger charge is 2.12. The van der Waals surface area contributed by atoms with E-state index in [0.29, 0.717) is 12.1 Å². The van der Waals surface area contributed by atoms with Crippen LogP contribution in [-0.2, 0) is 10.8 Å². The molecule has 5 heteroatoms. The lowest BCUT2D eigenvalue weighted by atomic mass is 10.1. The molecule has 2 atom stereocenters. The summed E-state index contributed by atoms with van der Waals surface area (Å²) in [5.41, 5.74) is 1.81. The van der Waals surface area contributed by atoms with Gasteiger partial charge in [0.15, 0.2) is 0 Å². The van der Waals surface area contributed by atoms with E-state index in [1.807, 2.05) is 32.0 Å². The van der Waals surface area contributed by atoms with Gasteiger partial charge in [0.2, 0.25) is 0 Å². The van der Waals surface area contributed by atoms with Crippen LogP contribution in [0.4, 0.5) is 0 Å². The summed E-state index contributed by atoms with van der Waals surface area (Å²) in [7, 11) is -0.830. The first-order chi connectivity index (χ1) is 8.43. The number of nitrogens with one attached hydrogen (secondary N) is 1. The lowest BCUT2D eigenvalue weighted by Gasteiger charge is -2.11. The zero-order chi connectivity index (χ0) is 13.7. The monoisotopic (exact) mass is 379 g/mol. The van der Waals surface area contributed by atoms with Crippen LogP contribution in [-0.4, -0.2) is 28.2 Å². The topological polar surface area (TPSA) is 46.2 Å². The summed E-state index contributed by atoms with van der Waals surface area (Å²) in [6.45, 7) is 4.48. The van der Waals surface area contributed by atoms with Gasteiger partial charge in [0, 0.05) is 32.4 Å². The number of halogens is 1. The molecule has 0 radical (unpaired) electrons. The Hall–Kier alpha value is -0.430. The summed E-state index contributed by atoms with van der Waals surface area (Å²) in [5, 5.41) is 2.99. The average Bonchev–Trinajstić information content (AvgIpc) is 2.32. The lowest BCUT2D eigenvalue weighted by Crippen LogP contribution is -2.28. The van der Waals surface area contributed by atoms with Crippen LogP contribution in [0, 0.1) is 10.5 Å². The molecule has 1 rings (SSSR count). The van der Waals surface area contributed by atoms with Gasteiger partial charge < -0.3 is 5.32 Å². The summed E-state index contributed by atoms with van der Waals surface area (Å²) >= 11 is 2.19. The normalized spacial score (nSPS) is 14.0. The highest BCUT2D eigenvalue weighted by Crippen LogP contribution is 2.16. The van der Waals surface area contributed by atoms with E-state index < -0.39 is 10.8 Å². The van der Waals surface area contributed by atoms with Crippen molar-refractivity contribution in [2.45, 2.75) is 25.5 Å². The number of carbonyl (C=O) groups excluding carboxylic acids is 1. The van der Waals surface area contributed by atoms with Crippen LogP contribution in [0.15, 0.2) is 18.2 Å². The van der Waals surface area contributed by atoms with Crippen LogP contribution in [0.1, 0.15) is 29.3 Å². The second kappa shape index (κ2) is 7.23. The van der Waals surface area contributed by atoms with Crippen LogP contribution in [0.3, 0.4) is 0 Å². The smallest absolute Gasteiger partial charge is 0.252 e. The zero-order valence-corrected chi connectivity index (χ0v) is 13.8. The molecule has 2 unspecified atom stereocenters. The first kappa shape index (κ1) is 15.6. The fourth-order valence-corrected chi connectivity index (χ4v) is 2.53. The Bertz CT molecular complexity index is 462. The number of benzene rings is 1. The molecular formula is C13H18INO2S. The van der Waals surface area contributed by atoms with Crippen molar-refractivity contribution in [2.24, 2.45) is 0 Å². The second-order valence-electron chi connectivity index (χ2n) is 4.29. The van der Waals surface area contributed by atoms with E-state index in [1.165, 1.54) is 0 Å². The SMILES string of the molecule is Cc1cccc(C(=O)NCCC(C)S(C)=O)c1I. The molecule has 0 bridgehead atoms. The molecule has 18 heavy (non-hydrogen) atoms. The molecule has 1 amide bonds. The van der Waals surface area contributed by atoms with E-state index in [9.17, 15) is 9.00 Å². The van der Waals surface area contributed by atoms with Crippen molar-refractivity contribution in [3.63, 3.8) is 0 Å². The molecule has 100 valence electrons. The van der Waals surface area contributed by atoms with E-state index in [2.05, 4.69) is 27.9 Å². The number of amides is 1. The summed E-state index contributed by atoms with van der Waals surface area (Å²) in [5.74, 6) is -0.0582.